The Morgan fingerprint density at radius 2 is 1.80 bits per heavy atom. The molecule has 1 saturated heterocycles. The highest BCUT2D eigenvalue weighted by Crippen LogP contribution is 2.36. The Morgan fingerprint density at radius 3 is 2.50 bits per heavy atom. The zero-order chi connectivity index (χ0) is 28.0. The highest BCUT2D eigenvalue weighted by Gasteiger charge is 2.55. The van der Waals surface area contributed by atoms with Gasteiger partial charge in [-0.25, -0.2) is 14.3 Å². The molecule has 3 atom stereocenters. The number of anilines is 1. The molecule has 10 nitrogen and oxygen atoms in total. The smallest absolute Gasteiger partial charge is 0.264 e. The van der Waals surface area contributed by atoms with Gasteiger partial charge >= 0.3 is 0 Å². The van der Waals surface area contributed by atoms with E-state index >= 15 is 0 Å². The first kappa shape index (κ1) is 25.6. The number of hydrazone groups is 1. The van der Waals surface area contributed by atoms with E-state index in [9.17, 15) is 18.8 Å². The average Bonchev–Trinajstić information content (AvgIpc) is 3.64. The van der Waals surface area contributed by atoms with Gasteiger partial charge in [0.25, 0.3) is 17.7 Å². The molecule has 202 valence electrons. The van der Waals surface area contributed by atoms with Crippen molar-refractivity contribution in [2.45, 2.75) is 24.5 Å². The van der Waals surface area contributed by atoms with E-state index in [1.165, 1.54) is 28.2 Å². The molecule has 3 amide bonds. The number of methoxy groups -OCH3 is 1. The van der Waals surface area contributed by atoms with Crippen LogP contribution in [0.4, 0.5) is 10.1 Å². The summed E-state index contributed by atoms with van der Waals surface area (Å²) >= 11 is 6.05. The van der Waals surface area contributed by atoms with E-state index in [1.807, 2.05) is 24.3 Å². The average molecular weight is 561 g/mol. The molecule has 3 aliphatic heterocycles. The van der Waals surface area contributed by atoms with Crippen LogP contribution in [0.2, 0.25) is 5.02 Å². The third-order valence-electron chi connectivity index (χ3n) is 7.07. The molecule has 3 aromatic rings. The summed E-state index contributed by atoms with van der Waals surface area (Å²) in [6.45, 7) is -0.343. The maximum atomic E-state index is 13.8. The van der Waals surface area contributed by atoms with Gasteiger partial charge in [-0.15, -0.1) is 0 Å². The predicted octanol–water partition coefficient (Wildman–Crippen LogP) is 4.16. The van der Waals surface area contributed by atoms with Crippen LogP contribution in [0.1, 0.15) is 23.6 Å². The lowest BCUT2D eigenvalue weighted by Crippen LogP contribution is -2.44. The largest absolute Gasteiger partial charge is 0.497 e. The molecule has 3 heterocycles. The van der Waals surface area contributed by atoms with E-state index in [4.69, 9.17) is 16.3 Å². The summed E-state index contributed by atoms with van der Waals surface area (Å²) in [5, 5.41) is 15.7. The van der Waals surface area contributed by atoms with Crippen LogP contribution in [0.3, 0.4) is 0 Å². The fraction of sp³-hybridized carbons (Fsp3) is 0.214. The molecule has 3 aliphatic rings. The fourth-order valence-electron chi connectivity index (χ4n) is 5.08. The van der Waals surface area contributed by atoms with Crippen molar-refractivity contribution in [1.29, 1.82) is 0 Å². The second-order valence-corrected chi connectivity index (χ2v) is 9.91. The molecule has 0 spiro atoms. The van der Waals surface area contributed by atoms with Crippen LogP contribution in [0.5, 0.6) is 5.75 Å². The Labute approximate surface area is 233 Å². The van der Waals surface area contributed by atoms with Gasteiger partial charge in [0, 0.05) is 11.4 Å². The molecule has 0 saturated carbocycles. The molecule has 3 aromatic carbocycles. The van der Waals surface area contributed by atoms with Crippen molar-refractivity contribution in [2.75, 3.05) is 18.6 Å². The standard InChI is InChI=1S/C28H22ClFN6O4/c1-40-21-11-7-17(8-12-21)23-14-22(16-5-9-18(29)10-6-16)32-36(23)24(37)15-34-26-25(31-33-34)27(38)35(28(26)39)20-4-2-3-19(30)13-20/h2-13,23,25-26H,14-15H2,1H3/t23-,25+,26-/m0/s1. The minimum absolute atomic E-state index is 0.0993. The Bertz CT molecular complexity index is 1560. The lowest BCUT2D eigenvalue weighted by Gasteiger charge is -2.25. The summed E-state index contributed by atoms with van der Waals surface area (Å²) in [7, 11) is 1.57. The van der Waals surface area contributed by atoms with Crippen LogP contribution in [0.25, 0.3) is 0 Å². The van der Waals surface area contributed by atoms with Gasteiger partial charge in [0.1, 0.15) is 18.1 Å². The molecule has 40 heavy (non-hydrogen) atoms. The minimum Gasteiger partial charge on any atom is -0.497 e. The van der Waals surface area contributed by atoms with Crippen molar-refractivity contribution in [3.63, 3.8) is 0 Å². The molecule has 0 aliphatic carbocycles. The zero-order valence-electron chi connectivity index (χ0n) is 21.1. The maximum absolute atomic E-state index is 13.8. The quantitative estimate of drug-likeness (QED) is 0.421. The van der Waals surface area contributed by atoms with E-state index in [1.54, 1.807) is 31.4 Å². The topological polar surface area (TPSA) is 107 Å². The van der Waals surface area contributed by atoms with Gasteiger partial charge in [0.2, 0.25) is 0 Å². The monoisotopic (exact) mass is 560 g/mol. The normalized spacial score (nSPS) is 21.7. The molecule has 1 fully saturated rings. The van der Waals surface area contributed by atoms with Gasteiger partial charge in [-0.3, -0.25) is 19.4 Å². The van der Waals surface area contributed by atoms with E-state index < -0.39 is 41.7 Å². The Morgan fingerprint density at radius 1 is 1.05 bits per heavy atom. The van der Waals surface area contributed by atoms with Crippen molar-refractivity contribution in [3.05, 3.63) is 94.8 Å². The molecular weight excluding hydrogens is 539 g/mol. The van der Waals surface area contributed by atoms with Crippen molar-refractivity contribution in [2.24, 2.45) is 15.4 Å². The second-order valence-electron chi connectivity index (χ2n) is 9.47. The highest BCUT2D eigenvalue weighted by molar-refractivity contribution is 6.30. The van der Waals surface area contributed by atoms with Gasteiger partial charge in [-0.2, -0.15) is 10.2 Å². The van der Waals surface area contributed by atoms with Crippen molar-refractivity contribution in [3.8, 4) is 5.75 Å². The first-order chi connectivity index (χ1) is 19.3. The first-order valence-corrected chi connectivity index (χ1v) is 12.8. The lowest BCUT2D eigenvalue weighted by molar-refractivity contribution is -0.135. The van der Waals surface area contributed by atoms with E-state index in [0.717, 1.165) is 22.1 Å². The summed E-state index contributed by atoms with van der Waals surface area (Å²) in [5.74, 6) is -1.60. The number of hydrogen-bond acceptors (Lipinski definition) is 8. The number of fused-ring (bicyclic) bond motifs is 1. The van der Waals surface area contributed by atoms with Crippen LogP contribution in [0.15, 0.2) is 88.2 Å². The summed E-state index contributed by atoms with van der Waals surface area (Å²) in [5.41, 5.74) is 2.45. The molecule has 0 bridgehead atoms. The number of imide groups is 1. The SMILES string of the molecule is COc1ccc([C@@H]2CC(c3ccc(Cl)cc3)=NN2C(=O)CN2N=N[C@H]3C(=O)N(c4cccc(F)c4)C(=O)[C@H]32)cc1. The van der Waals surface area contributed by atoms with Gasteiger partial charge in [0.15, 0.2) is 12.1 Å². The van der Waals surface area contributed by atoms with Gasteiger partial charge in [0.05, 0.1) is 24.6 Å². The molecule has 0 N–H and O–H groups in total. The fourth-order valence-corrected chi connectivity index (χ4v) is 5.20. The molecular formula is C28H22ClFN6O4. The lowest BCUT2D eigenvalue weighted by atomic mass is 9.98. The third kappa shape index (κ3) is 4.47. The highest BCUT2D eigenvalue weighted by atomic mass is 35.5. The second kappa shape index (κ2) is 10.2. The number of carbonyl (C=O) groups is 3. The summed E-state index contributed by atoms with van der Waals surface area (Å²) < 4.78 is 19.1. The summed E-state index contributed by atoms with van der Waals surface area (Å²) in [6.07, 6.45) is 0.442. The number of rotatable bonds is 6. The molecule has 6 rings (SSSR count). The van der Waals surface area contributed by atoms with Gasteiger partial charge < -0.3 is 4.74 Å². The maximum Gasteiger partial charge on any atom is 0.264 e. The van der Waals surface area contributed by atoms with Crippen LogP contribution in [-0.4, -0.2) is 59.2 Å². The molecule has 0 radical (unpaired) electrons. The number of ether oxygens (including phenoxy) is 1. The zero-order valence-corrected chi connectivity index (χ0v) is 21.9. The van der Waals surface area contributed by atoms with E-state index in [0.29, 0.717) is 22.9 Å². The predicted molar refractivity (Wildman–Crippen MR) is 143 cm³/mol. The summed E-state index contributed by atoms with van der Waals surface area (Å²) in [4.78, 5) is 40.8. The number of halogens is 2. The number of hydrogen-bond donors (Lipinski definition) is 0. The van der Waals surface area contributed by atoms with Crippen LogP contribution >= 0.6 is 11.6 Å². The Balaban J connectivity index is 1.26. The number of benzene rings is 3. The molecule has 12 heteroatoms. The van der Waals surface area contributed by atoms with Crippen molar-refractivity contribution in [1.82, 2.24) is 10.0 Å². The van der Waals surface area contributed by atoms with Crippen LogP contribution in [-0.2, 0) is 14.4 Å². The van der Waals surface area contributed by atoms with E-state index in [2.05, 4.69) is 15.4 Å². The van der Waals surface area contributed by atoms with Gasteiger partial charge in [-0.05, 0) is 53.6 Å². The molecule has 0 unspecified atom stereocenters. The van der Waals surface area contributed by atoms with E-state index in [-0.39, 0.29) is 12.2 Å². The first-order valence-electron chi connectivity index (χ1n) is 12.4. The van der Waals surface area contributed by atoms with Crippen molar-refractivity contribution < 1.29 is 23.5 Å². The number of carbonyl (C=O) groups excluding carboxylic acids is 3. The van der Waals surface area contributed by atoms with Crippen LogP contribution in [0, 0.1) is 5.82 Å². The number of nitrogens with zero attached hydrogens (tertiary/aromatic N) is 6. The van der Waals surface area contributed by atoms with Gasteiger partial charge in [-0.1, -0.05) is 47.2 Å². The number of amides is 3. The summed E-state index contributed by atoms with van der Waals surface area (Å²) in [6, 6.07) is 17.1. The van der Waals surface area contributed by atoms with Crippen LogP contribution < -0.4 is 9.64 Å². The third-order valence-corrected chi connectivity index (χ3v) is 7.32. The Kier molecular flexibility index (Phi) is 6.51. The van der Waals surface area contributed by atoms with Crippen molar-refractivity contribution >= 4 is 40.7 Å². The molecule has 0 aromatic heterocycles. The minimum atomic E-state index is -1.12. The Hall–Kier alpha value is -4.64.